The molecule has 1 amide bonds. The molecule has 30 heavy (non-hydrogen) atoms. The lowest BCUT2D eigenvalue weighted by Crippen LogP contribution is -2.31. The van der Waals surface area contributed by atoms with Gasteiger partial charge in [0.05, 0.1) is 11.4 Å². The van der Waals surface area contributed by atoms with Crippen LogP contribution < -0.4 is 0 Å². The largest absolute Gasteiger partial charge is 0.452 e. The number of carbonyl (C=O) groups is 2. The first-order valence-corrected chi connectivity index (χ1v) is 10.0. The molecule has 2 heterocycles. The van der Waals surface area contributed by atoms with Crippen LogP contribution in [0.3, 0.4) is 0 Å². The molecular weight excluding hydrogens is 378 g/mol. The first-order chi connectivity index (χ1) is 14.7. The van der Waals surface area contributed by atoms with Crippen LogP contribution in [-0.4, -0.2) is 46.3 Å². The maximum absolute atomic E-state index is 12.2. The molecule has 6 heteroatoms. The third kappa shape index (κ3) is 4.66. The van der Waals surface area contributed by atoms with Crippen LogP contribution >= 0.6 is 0 Å². The molecule has 1 aliphatic rings. The van der Waals surface area contributed by atoms with Gasteiger partial charge < -0.3 is 9.64 Å². The second-order valence-corrected chi connectivity index (χ2v) is 7.11. The molecule has 3 aromatic rings. The molecular formula is C24H23N3O3. The van der Waals surface area contributed by atoms with E-state index in [1.54, 1.807) is 15.7 Å². The zero-order valence-corrected chi connectivity index (χ0v) is 16.6. The van der Waals surface area contributed by atoms with Crippen molar-refractivity contribution in [2.45, 2.75) is 12.8 Å². The minimum absolute atomic E-state index is 0.142. The summed E-state index contributed by atoms with van der Waals surface area (Å²) >= 11 is 0. The van der Waals surface area contributed by atoms with Crippen LogP contribution in [0.1, 0.15) is 18.4 Å². The number of ether oxygens (including phenoxy) is 1. The van der Waals surface area contributed by atoms with Crippen molar-refractivity contribution < 1.29 is 14.3 Å². The van der Waals surface area contributed by atoms with Crippen molar-refractivity contribution in [3.8, 4) is 16.9 Å². The summed E-state index contributed by atoms with van der Waals surface area (Å²) in [5.74, 6) is -0.690. The molecule has 1 aliphatic heterocycles. The molecule has 4 rings (SSSR count). The Morgan fingerprint density at radius 2 is 1.63 bits per heavy atom. The van der Waals surface area contributed by atoms with E-state index in [4.69, 9.17) is 9.84 Å². The summed E-state index contributed by atoms with van der Waals surface area (Å²) < 4.78 is 6.91. The Hall–Kier alpha value is -3.67. The minimum atomic E-state index is -0.547. The number of esters is 1. The lowest BCUT2D eigenvalue weighted by Gasteiger charge is -2.14. The third-order valence-corrected chi connectivity index (χ3v) is 5.01. The third-order valence-electron chi connectivity index (χ3n) is 5.01. The molecule has 0 atom stereocenters. The molecule has 1 aromatic heterocycles. The number of para-hydroxylation sites is 1. The summed E-state index contributed by atoms with van der Waals surface area (Å²) in [5.41, 5.74) is 3.42. The number of nitrogens with zero attached hydrogens (tertiary/aromatic N) is 3. The molecule has 0 aliphatic carbocycles. The maximum atomic E-state index is 12.2. The van der Waals surface area contributed by atoms with Crippen molar-refractivity contribution in [2.24, 2.45) is 0 Å². The molecule has 152 valence electrons. The SMILES string of the molecule is O=C(/C=C/c1cn(-c2ccccc2)nc1-c1ccccc1)OCC(=O)N1CCCC1. The van der Waals surface area contributed by atoms with Crippen LogP contribution in [0.4, 0.5) is 0 Å². The van der Waals surface area contributed by atoms with E-state index >= 15 is 0 Å². The molecule has 0 saturated carbocycles. The Morgan fingerprint density at radius 1 is 0.967 bits per heavy atom. The lowest BCUT2D eigenvalue weighted by molar-refractivity contribution is -0.147. The van der Waals surface area contributed by atoms with E-state index in [0.29, 0.717) is 0 Å². The average Bonchev–Trinajstić information content (AvgIpc) is 3.48. The van der Waals surface area contributed by atoms with Crippen molar-refractivity contribution >= 4 is 18.0 Å². The molecule has 0 N–H and O–H groups in total. The molecule has 0 radical (unpaired) electrons. The number of aromatic nitrogens is 2. The van der Waals surface area contributed by atoms with E-state index < -0.39 is 5.97 Å². The summed E-state index contributed by atoms with van der Waals surface area (Å²) in [6, 6.07) is 19.6. The average molecular weight is 401 g/mol. The van der Waals surface area contributed by atoms with Crippen LogP contribution in [0.25, 0.3) is 23.0 Å². The van der Waals surface area contributed by atoms with Gasteiger partial charge in [0, 0.05) is 36.5 Å². The fourth-order valence-electron chi connectivity index (χ4n) is 3.44. The highest BCUT2D eigenvalue weighted by Gasteiger charge is 2.18. The van der Waals surface area contributed by atoms with E-state index in [0.717, 1.165) is 48.4 Å². The van der Waals surface area contributed by atoms with E-state index in [1.807, 2.05) is 66.9 Å². The maximum Gasteiger partial charge on any atom is 0.331 e. The molecule has 6 nitrogen and oxygen atoms in total. The number of likely N-dealkylation sites (tertiary alicyclic amines) is 1. The van der Waals surface area contributed by atoms with Crippen LogP contribution in [-0.2, 0) is 14.3 Å². The normalized spacial score (nSPS) is 13.7. The van der Waals surface area contributed by atoms with Crippen molar-refractivity contribution in [3.05, 3.63) is 78.5 Å². The smallest absolute Gasteiger partial charge is 0.331 e. The number of rotatable bonds is 6. The number of hydrogen-bond acceptors (Lipinski definition) is 4. The molecule has 0 spiro atoms. The fraction of sp³-hybridized carbons (Fsp3) is 0.208. The summed E-state index contributed by atoms with van der Waals surface area (Å²) in [7, 11) is 0. The Kier molecular flexibility index (Phi) is 6.03. The van der Waals surface area contributed by atoms with Crippen molar-refractivity contribution in [2.75, 3.05) is 19.7 Å². The van der Waals surface area contributed by atoms with Gasteiger partial charge in [0.2, 0.25) is 0 Å². The van der Waals surface area contributed by atoms with Gasteiger partial charge in [-0.25, -0.2) is 9.48 Å². The standard InChI is InChI=1S/C24H23N3O3/c28-22(26-15-7-8-16-26)18-30-23(29)14-13-20-17-27(21-11-5-2-6-12-21)25-24(20)19-9-3-1-4-10-19/h1-6,9-14,17H,7-8,15-16,18H2/b14-13+. The quantitative estimate of drug-likeness (QED) is 0.467. The number of hydrogen-bond donors (Lipinski definition) is 0. The van der Waals surface area contributed by atoms with Crippen LogP contribution in [0.2, 0.25) is 0 Å². The van der Waals surface area contributed by atoms with Crippen LogP contribution in [0.15, 0.2) is 72.9 Å². The highest BCUT2D eigenvalue weighted by molar-refractivity contribution is 5.90. The zero-order valence-electron chi connectivity index (χ0n) is 16.6. The molecule has 1 saturated heterocycles. The summed E-state index contributed by atoms with van der Waals surface area (Å²) in [4.78, 5) is 25.9. The molecule has 1 fully saturated rings. The molecule has 0 bridgehead atoms. The topological polar surface area (TPSA) is 64.4 Å². The summed E-state index contributed by atoms with van der Waals surface area (Å²) in [5, 5.41) is 4.71. The van der Waals surface area contributed by atoms with E-state index in [2.05, 4.69) is 0 Å². The van der Waals surface area contributed by atoms with Gasteiger partial charge in [-0.1, -0.05) is 48.5 Å². The first-order valence-electron chi connectivity index (χ1n) is 10.0. The first kappa shape index (κ1) is 19.6. The van der Waals surface area contributed by atoms with Gasteiger partial charge in [0.15, 0.2) is 6.61 Å². The summed E-state index contributed by atoms with van der Waals surface area (Å²) in [6.07, 6.45) is 6.91. The highest BCUT2D eigenvalue weighted by atomic mass is 16.5. The van der Waals surface area contributed by atoms with Crippen LogP contribution in [0.5, 0.6) is 0 Å². The molecule has 2 aromatic carbocycles. The van der Waals surface area contributed by atoms with E-state index in [-0.39, 0.29) is 12.5 Å². The van der Waals surface area contributed by atoms with Gasteiger partial charge >= 0.3 is 5.97 Å². The second kappa shape index (κ2) is 9.22. The predicted molar refractivity (Wildman–Crippen MR) is 115 cm³/mol. The number of carbonyl (C=O) groups excluding carboxylic acids is 2. The lowest BCUT2D eigenvalue weighted by atomic mass is 10.1. The van der Waals surface area contributed by atoms with Crippen molar-refractivity contribution in [1.82, 2.24) is 14.7 Å². The van der Waals surface area contributed by atoms with Gasteiger partial charge in [-0.2, -0.15) is 5.10 Å². The monoisotopic (exact) mass is 401 g/mol. The van der Waals surface area contributed by atoms with Gasteiger partial charge in [0.25, 0.3) is 5.91 Å². The second-order valence-electron chi connectivity index (χ2n) is 7.11. The van der Waals surface area contributed by atoms with E-state index in [9.17, 15) is 9.59 Å². The number of amides is 1. The Balaban J connectivity index is 1.51. The van der Waals surface area contributed by atoms with E-state index in [1.165, 1.54) is 6.08 Å². The Morgan fingerprint density at radius 3 is 2.33 bits per heavy atom. The Bertz CT molecular complexity index is 1040. The Labute approximate surface area is 175 Å². The highest BCUT2D eigenvalue weighted by Crippen LogP contribution is 2.24. The zero-order chi connectivity index (χ0) is 20.8. The van der Waals surface area contributed by atoms with Crippen molar-refractivity contribution in [1.29, 1.82) is 0 Å². The van der Waals surface area contributed by atoms with Gasteiger partial charge in [0.1, 0.15) is 0 Å². The van der Waals surface area contributed by atoms with Gasteiger partial charge in [-0.05, 0) is 31.1 Å². The number of benzene rings is 2. The minimum Gasteiger partial charge on any atom is -0.452 e. The van der Waals surface area contributed by atoms with Crippen molar-refractivity contribution in [3.63, 3.8) is 0 Å². The summed E-state index contributed by atoms with van der Waals surface area (Å²) in [6.45, 7) is 1.26. The molecule has 0 unspecified atom stereocenters. The predicted octanol–water partition coefficient (Wildman–Crippen LogP) is 3.72. The van der Waals surface area contributed by atoms with Crippen LogP contribution in [0, 0.1) is 0 Å². The fourth-order valence-corrected chi connectivity index (χ4v) is 3.44. The van der Waals surface area contributed by atoms with Gasteiger partial charge in [-0.3, -0.25) is 4.79 Å². The van der Waals surface area contributed by atoms with Gasteiger partial charge in [-0.15, -0.1) is 0 Å².